The first-order valence-electron chi connectivity index (χ1n) is 11.1. The Balaban J connectivity index is 1.91. The van der Waals surface area contributed by atoms with Crippen LogP contribution in [0.5, 0.6) is 11.5 Å². The molecule has 3 aliphatic rings. The lowest BCUT2D eigenvalue weighted by Crippen LogP contribution is -2.55. The van der Waals surface area contributed by atoms with Gasteiger partial charge in [0.1, 0.15) is 11.5 Å². The predicted molar refractivity (Wildman–Crippen MR) is 120 cm³/mol. The number of phenols is 2. The highest BCUT2D eigenvalue weighted by molar-refractivity contribution is 5.54. The number of rotatable bonds is 3. The lowest BCUT2D eigenvalue weighted by Gasteiger charge is -2.63. The fourth-order valence-corrected chi connectivity index (χ4v) is 6.72. The van der Waals surface area contributed by atoms with Crippen molar-refractivity contribution in [3.63, 3.8) is 0 Å². The van der Waals surface area contributed by atoms with Gasteiger partial charge in [-0.2, -0.15) is 0 Å². The molecular formula is C27H36O2. The molecular weight excluding hydrogens is 356 g/mol. The van der Waals surface area contributed by atoms with Crippen LogP contribution >= 0.6 is 0 Å². The number of phenolic OH excluding ortho intramolecular Hbond substituents is 2. The van der Waals surface area contributed by atoms with Crippen molar-refractivity contribution in [2.45, 2.75) is 67.2 Å². The molecule has 0 spiro atoms. The molecule has 3 fully saturated rings. The summed E-state index contributed by atoms with van der Waals surface area (Å²) < 4.78 is 0. The minimum absolute atomic E-state index is 0.0172. The normalized spacial score (nSPS) is 27.7. The number of fused-ring (bicyclic) bond motifs is 2. The third kappa shape index (κ3) is 3.07. The van der Waals surface area contributed by atoms with E-state index in [1.165, 1.54) is 6.42 Å². The highest BCUT2D eigenvalue weighted by Gasteiger charge is 2.57. The van der Waals surface area contributed by atoms with E-state index < -0.39 is 0 Å². The van der Waals surface area contributed by atoms with Crippen LogP contribution in [-0.2, 0) is 0 Å². The molecule has 4 unspecified atom stereocenters. The smallest absolute Gasteiger partial charge is 0.122 e. The third-order valence-corrected chi connectivity index (χ3v) is 8.46. The summed E-state index contributed by atoms with van der Waals surface area (Å²) in [5, 5.41) is 22.2. The summed E-state index contributed by atoms with van der Waals surface area (Å²) in [5.74, 6) is 3.23. The molecule has 2 N–H and O–H groups in total. The first-order chi connectivity index (χ1) is 13.5. The van der Waals surface area contributed by atoms with Gasteiger partial charge in [0, 0.05) is 17.0 Å². The monoisotopic (exact) mass is 392 g/mol. The van der Waals surface area contributed by atoms with Crippen LogP contribution in [0.4, 0.5) is 0 Å². The van der Waals surface area contributed by atoms with Crippen molar-refractivity contribution in [1.29, 1.82) is 0 Å². The SMILES string of the molecule is Cc1cc(C)c(O)c(C(c2cc(C)cc(C)c2O)C2CC3CC(C2C)C3(C)C)c1. The van der Waals surface area contributed by atoms with E-state index in [4.69, 9.17) is 0 Å². The molecule has 0 aliphatic heterocycles. The molecule has 0 radical (unpaired) electrons. The van der Waals surface area contributed by atoms with Gasteiger partial charge < -0.3 is 10.2 Å². The third-order valence-electron chi connectivity index (χ3n) is 8.46. The first kappa shape index (κ1) is 20.3. The van der Waals surface area contributed by atoms with Gasteiger partial charge in [-0.05, 0) is 80.8 Å². The highest BCUT2D eigenvalue weighted by Crippen LogP contribution is 2.66. The van der Waals surface area contributed by atoms with Crippen LogP contribution < -0.4 is 0 Å². The van der Waals surface area contributed by atoms with Gasteiger partial charge in [0.2, 0.25) is 0 Å². The Morgan fingerprint density at radius 2 is 1.31 bits per heavy atom. The summed E-state index contributed by atoms with van der Waals surface area (Å²) in [7, 11) is 0. The number of aryl methyl sites for hydroxylation is 4. The van der Waals surface area contributed by atoms with Crippen molar-refractivity contribution in [2.75, 3.05) is 0 Å². The average molecular weight is 393 g/mol. The van der Waals surface area contributed by atoms with Gasteiger partial charge in [-0.1, -0.05) is 56.2 Å². The molecule has 0 aromatic heterocycles. The Bertz CT molecular complexity index is 898. The van der Waals surface area contributed by atoms with E-state index in [1.54, 1.807) is 0 Å². The maximum atomic E-state index is 11.1. The van der Waals surface area contributed by atoms with Crippen LogP contribution in [0.2, 0.25) is 0 Å². The van der Waals surface area contributed by atoms with Crippen molar-refractivity contribution in [3.8, 4) is 11.5 Å². The van der Waals surface area contributed by atoms with Crippen LogP contribution in [0, 0.1) is 56.8 Å². The Hall–Kier alpha value is -1.96. The Morgan fingerprint density at radius 1 is 0.828 bits per heavy atom. The molecule has 0 heterocycles. The lowest BCUT2D eigenvalue weighted by atomic mass is 9.42. The average Bonchev–Trinajstić information content (AvgIpc) is 2.63. The van der Waals surface area contributed by atoms with E-state index in [1.807, 2.05) is 26.0 Å². The number of aromatic hydroxyl groups is 2. The molecule has 2 aromatic rings. The topological polar surface area (TPSA) is 40.5 Å². The summed E-state index contributed by atoms with van der Waals surface area (Å²) in [6, 6.07) is 8.37. The highest BCUT2D eigenvalue weighted by atomic mass is 16.3. The molecule has 3 saturated carbocycles. The molecule has 5 rings (SSSR count). The number of hydrogen-bond acceptors (Lipinski definition) is 2. The van der Waals surface area contributed by atoms with Crippen LogP contribution in [0.3, 0.4) is 0 Å². The quantitative estimate of drug-likeness (QED) is 0.604. The molecule has 2 bridgehead atoms. The zero-order valence-electron chi connectivity index (χ0n) is 19.0. The molecule has 4 atom stereocenters. The maximum Gasteiger partial charge on any atom is 0.122 e. The first-order valence-corrected chi connectivity index (χ1v) is 11.1. The van der Waals surface area contributed by atoms with E-state index in [-0.39, 0.29) is 5.92 Å². The summed E-state index contributed by atoms with van der Waals surface area (Å²) >= 11 is 0. The zero-order valence-corrected chi connectivity index (χ0v) is 19.0. The van der Waals surface area contributed by atoms with Gasteiger partial charge in [-0.15, -0.1) is 0 Å². The van der Waals surface area contributed by atoms with Gasteiger partial charge in [-0.25, -0.2) is 0 Å². The molecule has 29 heavy (non-hydrogen) atoms. The predicted octanol–water partition coefficient (Wildman–Crippen LogP) is 6.78. The van der Waals surface area contributed by atoms with Crippen molar-refractivity contribution >= 4 is 0 Å². The molecule has 2 heteroatoms. The van der Waals surface area contributed by atoms with E-state index in [0.29, 0.717) is 28.7 Å². The molecule has 0 saturated heterocycles. The maximum absolute atomic E-state index is 11.1. The van der Waals surface area contributed by atoms with Crippen LogP contribution in [0.15, 0.2) is 24.3 Å². The number of hydrogen-bond donors (Lipinski definition) is 2. The molecule has 156 valence electrons. The van der Waals surface area contributed by atoms with Gasteiger partial charge in [0.15, 0.2) is 0 Å². The van der Waals surface area contributed by atoms with E-state index in [9.17, 15) is 10.2 Å². The second-order valence-corrected chi connectivity index (χ2v) is 10.6. The standard InChI is InChI=1S/C27H36O2/c1-14-8-16(3)25(28)21(10-14)24(22-11-15(2)9-17(4)26(22)29)20-12-19-13-23(18(20)5)27(19,6)7/h8-11,18-20,23-24,28-29H,12-13H2,1-7H3. The minimum atomic E-state index is 0.0172. The molecule has 2 nitrogen and oxygen atoms in total. The molecule has 2 aromatic carbocycles. The summed E-state index contributed by atoms with van der Waals surface area (Å²) in [4.78, 5) is 0. The Labute approximate surface area is 176 Å². The zero-order chi connectivity index (χ0) is 21.2. The fraction of sp³-hybridized carbons (Fsp3) is 0.556. The van der Waals surface area contributed by atoms with E-state index in [0.717, 1.165) is 51.6 Å². The van der Waals surface area contributed by atoms with Gasteiger partial charge in [0.05, 0.1) is 0 Å². The molecule has 0 amide bonds. The van der Waals surface area contributed by atoms with Gasteiger partial charge in [0.25, 0.3) is 0 Å². The second-order valence-electron chi connectivity index (χ2n) is 10.6. The number of benzene rings is 2. The van der Waals surface area contributed by atoms with Gasteiger partial charge >= 0.3 is 0 Å². The van der Waals surface area contributed by atoms with Crippen molar-refractivity contribution in [3.05, 3.63) is 57.6 Å². The van der Waals surface area contributed by atoms with E-state index in [2.05, 4.69) is 46.8 Å². The summed E-state index contributed by atoms with van der Waals surface area (Å²) in [6.45, 7) is 15.4. The van der Waals surface area contributed by atoms with E-state index >= 15 is 0 Å². The van der Waals surface area contributed by atoms with Crippen molar-refractivity contribution < 1.29 is 10.2 Å². The minimum Gasteiger partial charge on any atom is -0.507 e. The van der Waals surface area contributed by atoms with Crippen molar-refractivity contribution in [1.82, 2.24) is 0 Å². The van der Waals surface area contributed by atoms with Crippen LogP contribution in [0.25, 0.3) is 0 Å². The second kappa shape index (κ2) is 6.79. The Morgan fingerprint density at radius 3 is 1.72 bits per heavy atom. The van der Waals surface area contributed by atoms with Crippen molar-refractivity contribution in [2.24, 2.45) is 29.1 Å². The van der Waals surface area contributed by atoms with Crippen LogP contribution in [0.1, 0.15) is 72.9 Å². The lowest BCUT2D eigenvalue weighted by molar-refractivity contribution is -0.131. The fourth-order valence-electron chi connectivity index (χ4n) is 6.72. The van der Waals surface area contributed by atoms with Gasteiger partial charge in [-0.3, -0.25) is 0 Å². The Kier molecular flexibility index (Phi) is 4.76. The summed E-state index contributed by atoms with van der Waals surface area (Å²) in [6.07, 6.45) is 2.49. The largest absolute Gasteiger partial charge is 0.507 e. The molecule has 3 aliphatic carbocycles. The summed E-state index contributed by atoms with van der Waals surface area (Å²) in [5.41, 5.74) is 6.55. The van der Waals surface area contributed by atoms with Crippen LogP contribution in [-0.4, -0.2) is 10.2 Å².